The molecule has 0 fully saturated rings. The molecule has 1 aliphatic heterocycles. The molecule has 3 aromatic rings. The summed E-state index contributed by atoms with van der Waals surface area (Å²) < 4.78 is 5.12. The van der Waals surface area contributed by atoms with E-state index < -0.39 is 23.7 Å². The zero-order valence-electron chi connectivity index (χ0n) is 16.7. The molecule has 1 heterocycles. The number of amides is 3. The number of hydrogen-bond donors (Lipinski definition) is 1. The fraction of sp³-hybridized carbons (Fsp3) is 0.0833. The van der Waals surface area contributed by atoms with Gasteiger partial charge >= 0.3 is 5.97 Å². The summed E-state index contributed by atoms with van der Waals surface area (Å²) >= 11 is 6.01. The van der Waals surface area contributed by atoms with E-state index in [4.69, 9.17) is 16.3 Å². The van der Waals surface area contributed by atoms with Crippen molar-refractivity contribution in [1.82, 2.24) is 5.32 Å². The Morgan fingerprint density at radius 2 is 1.44 bits per heavy atom. The molecule has 7 nitrogen and oxygen atoms in total. The van der Waals surface area contributed by atoms with Crippen LogP contribution in [-0.4, -0.2) is 30.2 Å². The summed E-state index contributed by atoms with van der Waals surface area (Å²) in [5.74, 6) is -1.93. The average Bonchev–Trinajstić information content (AvgIpc) is 3.07. The van der Waals surface area contributed by atoms with Crippen molar-refractivity contribution in [2.24, 2.45) is 0 Å². The van der Waals surface area contributed by atoms with E-state index in [0.29, 0.717) is 27.4 Å². The van der Waals surface area contributed by atoms with Gasteiger partial charge in [0.05, 0.1) is 16.8 Å². The molecular weight excluding hydrogens is 432 g/mol. The van der Waals surface area contributed by atoms with Crippen LogP contribution in [0.15, 0.2) is 72.8 Å². The average molecular weight is 449 g/mol. The number of carbonyl (C=O) groups excluding carboxylic acids is 4. The third kappa shape index (κ3) is 4.24. The molecule has 0 saturated carbocycles. The molecule has 4 rings (SSSR count). The van der Waals surface area contributed by atoms with E-state index in [9.17, 15) is 19.2 Å². The minimum Gasteiger partial charge on any atom is -0.459 e. The van der Waals surface area contributed by atoms with Gasteiger partial charge in [-0.15, -0.1) is 0 Å². The molecule has 0 aromatic heterocycles. The van der Waals surface area contributed by atoms with Crippen LogP contribution < -0.4 is 10.2 Å². The Morgan fingerprint density at radius 1 is 0.844 bits per heavy atom. The van der Waals surface area contributed by atoms with Gasteiger partial charge in [-0.2, -0.15) is 0 Å². The van der Waals surface area contributed by atoms with E-state index in [1.54, 1.807) is 48.5 Å². The fourth-order valence-corrected chi connectivity index (χ4v) is 3.46. The van der Waals surface area contributed by atoms with Gasteiger partial charge in [0.15, 0.2) is 0 Å². The second kappa shape index (κ2) is 9.03. The van der Waals surface area contributed by atoms with Crippen molar-refractivity contribution < 1.29 is 23.9 Å². The van der Waals surface area contributed by atoms with Gasteiger partial charge in [0.25, 0.3) is 17.7 Å². The number of benzene rings is 3. The predicted molar refractivity (Wildman–Crippen MR) is 118 cm³/mol. The van der Waals surface area contributed by atoms with Gasteiger partial charge in [0.1, 0.15) is 13.2 Å². The SMILES string of the molecule is O=C(CNC(=O)c1ccc(N2C(=O)c3ccccc3C2=O)cc1)OCc1ccccc1Cl. The Balaban J connectivity index is 1.34. The van der Waals surface area contributed by atoms with Crippen LogP contribution in [0.3, 0.4) is 0 Å². The maximum absolute atomic E-state index is 12.6. The summed E-state index contributed by atoms with van der Waals surface area (Å²) in [7, 11) is 0. The van der Waals surface area contributed by atoms with Crippen molar-refractivity contribution in [3.63, 3.8) is 0 Å². The zero-order valence-corrected chi connectivity index (χ0v) is 17.5. The summed E-state index contributed by atoms with van der Waals surface area (Å²) in [5, 5.41) is 2.96. The number of anilines is 1. The summed E-state index contributed by atoms with van der Waals surface area (Å²) in [5.41, 5.74) is 1.97. The highest BCUT2D eigenvalue weighted by atomic mass is 35.5. The van der Waals surface area contributed by atoms with Gasteiger partial charge in [-0.3, -0.25) is 19.2 Å². The summed E-state index contributed by atoms with van der Waals surface area (Å²) in [6, 6.07) is 19.5. The normalized spacial score (nSPS) is 12.5. The summed E-state index contributed by atoms with van der Waals surface area (Å²) in [4.78, 5) is 50.4. The van der Waals surface area contributed by atoms with Gasteiger partial charge < -0.3 is 10.1 Å². The van der Waals surface area contributed by atoms with Gasteiger partial charge in [-0.25, -0.2) is 4.90 Å². The van der Waals surface area contributed by atoms with E-state index in [1.165, 1.54) is 24.3 Å². The Hall–Kier alpha value is -3.97. The number of rotatable bonds is 6. The van der Waals surface area contributed by atoms with Crippen molar-refractivity contribution in [2.75, 3.05) is 11.4 Å². The molecule has 1 aliphatic rings. The van der Waals surface area contributed by atoms with E-state index in [0.717, 1.165) is 4.90 Å². The highest BCUT2D eigenvalue weighted by molar-refractivity contribution is 6.34. The lowest BCUT2D eigenvalue weighted by Gasteiger charge is -2.14. The van der Waals surface area contributed by atoms with Crippen molar-refractivity contribution in [1.29, 1.82) is 0 Å². The van der Waals surface area contributed by atoms with Crippen molar-refractivity contribution in [2.45, 2.75) is 6.61 Å². The number of hydrogen-bond acceptors (Lipinski definition) is 5. The standard InChI is InChI=1S/C24H17ClN2O5/c25-20-8-4-1-5-16(20)14-32-21(28)13-26-22(29)15-9-11-17(12-10-15)27-23(30)18-6-2-3-7-19(18)24(27)31/h1-12H,13-14H2,(H,26,29). The highest BCUT2D eigenvalue weighted by Gasteiger charge is 2.36. The smallest absolute Gasteiger partial charge is 0.325 e. The Morgan fingerprint density at radius 3 is 2.06 bits per heavy atom. The molecule has 0 unspecified atom stereocenters. The molecule has 8 heteroatoms. The van der Waals surface area contributed by atoms with Gasteiger partial charge in [0, 0.05) is 16.1 Å². The second-order valence-corrected chi connectivity index (χ2v) is 7.38. The van der Waals surface area contributed by atoms with Crippen LogP contribution in [0.25, 0.3) is 0 Å². The van der Waals surface area contributed by atoms with E-state index >= 15 is 0 Å². The molecular formula is C24H17ClN2O5. The summed E-state index contributed by atoms with van der Waals surface area (Å²) in [6.07, 6.45) is 0. The molecule has 0 aliphatic carbocycles. The molecule has 0 radical (unpaired) electrons. The number of fused-ring (bicyclic) bond motifs is 1. The lowest BCUT2D eigenvalue weighted by molar-refractivity contribution is -0.143. The molecule has 1 N–H and O–H groups in total. The Labute approximate surface area is 188 Å². The lowest BCUT2D eigenvalue weighted by Crippen LogP contribution is -2.31. The predicted octanol–water partition coefficient (Wildman–Crippen LogP) is 3.61. The maximum atomic E-state index is 12.6. The first-order chi connectivity index (χ1) is 15.5. The molecule has 32 heavy (non-hydrogen) atoms. The zero-order chi connectivity index (χ0) is 22.7. The van der Waals surface area contributed by atoms with Crippen LogP contribution in [0.1, 0.15) is 36.6 Å². The van der Waals surface area contributed by atoms with Crippen LogP contribution in [0.5, 0.6) is 0 Å². The first-order valence-electron chi connectivity index (χ1n) is 9.71. The quantitative estimate of drug-likeness (QED) is 0.459. The highest BCUT2D eigenvalue weighted by Crippen LogP contribution is 2.28. The molecule has 0 saturated heterocycles. The minimum atomic E-state index is -0.610. The topological polar surface area (TPSA) is 92.8 Å². The van der Waals surface area contributed by atoms with Gasteiger partial charge in [-0.05, 0) is 42.5 Å². The number of nitrogens with zero attached hydrogens (tertiary/aromatic N) is 1. The minimum absolute atomic E-state index is 0.00333. The van der Waals surface area contributed by atoms with Crippen LogP contribution >= 0.6 is 11.6 Å². The van der Waals surface area contributed by atoms with Crippen molar-refractivity contribution >= 4 is 41.0 Å². The number of nitrogens with one attached hydrogen (secondary N) is 1. The monoisotopic (exact) mass is 448 g/mol. The van der Waals surface area contributed by atoms with Gasteiger partial charge in [0.2, 0.25) is 0 Å². The third-order valence-corrected chi connectivity index (χ3v) is 5.29. The molecule has 0 bridgehead atoms. The van der Waals surface area contributed by atoms with E-state index in [-0.39, 0.29) is 18.7 Å². The van der Waals surface area contributed by atoms with Crippen LogP contribution in [0.4, 0.5) is 5.69 Å². The molecule has 0 spiro atoms. The first-order valence-corrected chi connectivity index (χ1v) is 10.1. The van der Waals surface area contributed by atoms with Crippen molar-refractivity contribution in [3.05, 3.63) is 100 Å². The second-order valence-electron chi connectivity index (χ2n) is 6.97. The lowest BCUT2D eigenvalue weighted by atomic mass is 10.1. The van der Waals surface area contributed by atoms with E-state index in [1.807, 2.05) is 0 Å². The summed E-state index contributed by atoms with van der Waals surface area (Å²) in [6.45, 7) is -0.313. The van der Waals surface area contributed by atoms with Crippen LogP contribution in [0.2, 0.25) is 5.02 Å². The Bertz CT molecular complexity index is 1190. The largest absolute Gasteiger partial charge is 0.459 e. The van der Waals surface area contributed by atoms with Crippen molar-refractivity contribution in [3.8, 4) is 0 Å². The van der Waals surface area contributed by atoms with Crippen LogP contribution in [-0.2, 0) is 16.1 Å². The fourth-order valence-electron chi connectivity index (χ4n) is 3.26. The first kappa shape index (κ1) is 21.3. The molecule has 160 valence electrons. The molecule has 3 amide bonds. The number of esters is 1. The van der Waals surface area contributed by atoms with Crippen LogP contribution in [0, 0.1) is 0 Å². The molecule has 0 atom stereocenters. The third-order valence-electron chi connectivity index (χ3n) is 4.92. The maximum Gasteiger partial charge on any atom is 0.325 e. The molecule has 3 aromatic carbocycles. The van der Waals surface area contributed by atoms with Gasteiger partial charge in [-0.1, -0.05) is 41.9 Å². The van der Waals surface area contributed by atoms with E-state index in [2.05, 4.69) is 5.32 Å². The number of imide groups is 1. The Kier molecular flexibility index (Phi) is 6.00. The number of carbonyl (C=O) groups is 4. The number of halogens is 1. The number of ether oxygens (including phenoxy) is 1.